The third-order valence-corrected chi connectivity index (χ3v) is 5.89. The molecule has 3 aliphatic rings. The largest absolute Gasteiger partial charge is 0.454 e. The minimum atomic E-state index is -0.386. The van der Waals surface area contributed by atoms with Crippen molar-refractivity contribution in [3.05, 3.63) is 42.0 Å². The number of carbonyl (C=O) groups is 2. The van der Waals surface area contributed by atoms with Crippen molar-refractivity contribution in [3.8, 4) is 11.5 Å². The Hall–Kier alpha value is -3.22. The Morgan fingerprint density at radius 3 is 2.90 bits per heavy atom. The summed E-state index contributed by atoms with van der Waals surface area (Å²) in [6.45, 7) is 4.65. The van der Waals surface area contributed by atoms with Gasteiger partial charge in [0.2, 0.25) is 18.6 Å². The van der Waals surface area contributed by atoms with E-state index in [0.717, 1.165) is 30.9 Å². The highest BCUT2D eigenvalue weighted by atomic mass is 16.7. The number of nitrogens with zero attached hydrogens (tertiary/aromatic N) is 2. The molecule has 1 N–H and O–H groups in total. The maximum atomic E-state index is 12.8. The molecule has 3 aliphatic heterocycles. The van der Waals surface area contributed by atoms with Gasteiger partial charge < -0.3 is 24.6 Å². The monoisotopic (exact) mass is 393 g/mol. The van der Waals surface area contributed by atoms with E-state index in [0.29, 0.717) is 18.0 Å². The van der Waals surface area contributed by atoms with Gasteiger partial charge in [-0.2, -0.15) is 0 Å². The number of nitrogens with one attached hydrogen (secondary N) is 1. The molecule has 0 spiro atoms. The number of anilines is 3. The molecule has 2 aromatic rings. The first-order chi connectivity index (χ1) is 14.1. The number of amides is 2. The van der Waals surface area contributed by atoms with E-state index in [2.05, 4.69) is 23.2 Å². The van der Waals surface area contributed by atoms with Crippen LogP contribution in [0.4, 0.5) is 17.1 Å². The van der Waals surface area contributed by atoms with Crippen LogP contribution in [0.15, 0.2) is 36.4 Å². The Morgan fingerprint density at radius 1 is 1.17 bits per heavy atom. The van der Waals surface area contributed by atoms with E-state index >= 15 is 0 Å². The van der Waals surface area contributed by atoms with Crippen LogP contribution in [-0.4, -0.2) is 38.2 Å². The fraction of sp³-hybridized carbons (Fsp3) is 0.364. The first-order valence-electron chi connectivity index (χ1n) is 10.0. The van der Waals surface area contributed by atoms with Crippen molar-refractivity contribution in [1.29, 1.82) is 0 Å². The van der Waals surface area contributed by atoms with Gasteiger partial charge in [0.25, 0.3) is 0 Å². The summed E-state index contributed by atoms with van der Waals surface area (Å²) >= 11 is 0. The summed E-state index contributed by atoms with van der Waals surface area (Å²) < 4.78 is 10.7. The van der Waals surface area contributed by atoms with Crippen LogP contribution in [0.3, 0.4) is 0 Å². The summed E-state index contributed by atoms with van der Waals surface area (Å²) in [4.78, 5) is 29.3. The van der Waals surface area contributed by atoms with E-state index in [1.54, 1.807) is 17.0 Å². The van der Waals surface area contributed by atoms with E-state index in [9.17, 15) is 9.59 Å². The molecule has 0 aromatic heterocycles. The third-order valence-electron chi connectivity index (χ3n) is 5.89. The maximum Gasteiger partial charge on any atom is 0.231 e. The van der Waals surface area contributed by atoms with E-state index in [4.69, 9.17) is 9.47 Å². The highest BCUT2D eigenvalue weighted by Crippen LogP contribution is 2.37. The second kappa shape index (κ2) is 6.99. The molecule has 0 radical (unpaired) electrons. The Balaban J connectivity index is 1.29. The molecule has 1 unspecified atom stereocenters. The molecule has 150 valence electrons. The molecule has 2 amide bonds. The van der Waals surface area contributed by atoms with Crippen molar-refractivity contribution in [2.24, 2.45) is 5.92 Å². The molecule has 1 atom stereocenters. The summed E-state index contributed by atoms with van der Waals surface area (Å²) in [5.74, 6) is 0.732. The lowest BCUT2D eigenvalue weighted by Gasteiger charge is -2.18. The van der Waals surface area contributed by atoms with E-state index in [1.807, 2.05) is 18.2 Å². The zero-order valence-corrected chi connectivity index (χ0v) is 16.3. The van der Waals surface area contributed by atoms with Crippen molar-refractivity contribution in [2.75, 3.05) is 41.5 Å². The Labute approximate surface area is 169 Å². The lowest BCUT2D eigenvalue weighted by molar-refractivity contribution is -0.122. The Kier molecular flexibility index (Phi) is 4.30. The van der Waals surface area contributed by atoms with Gasteiger partial charge in [0, 0.05) is 49.2 Å². The minimum absolute atomic E-state index is 0.0601. The van der Waals surface area contributed by atoms with E-state index < -0.39 is 0 Å². The van der Waals surface area contributed by atoms with Crippen LogP contribution in [0, 0.1) is 5.92 Å². The third kappa shape index (κ3) is 3.16. The minimum Gasteiger partial charge on any atom is -0.454 e. The second-order valence-corrected chi connectivity index (χ2v) is 7.61. The van der Waals surface area contributed by atoms with Crippen LogP contribution >= 0.6 is 0 Å². The number of hydrogen-bond acceptors (Lipinski definition) is 5. The fourth-order valence-corrected chi connectivity index (χ4v) is 4.28. The molecule has 2 aromatic carbocycles. The van der Waals surface area contributed by atoms with Crippen LogP contribution in [0.5, 0.6) is 11.5 Å². The van der Waals surface area contributed by atoms with Gasteiger partial charge in [0.15, 0.2) is 11.5 Å². The van der Waals surface area contributed by atoms with Gasteiger partial charge in [0.1, 0.15) is 0 Å². The first-order valence-corrected chi connectivity index (χ1v) is 10.0. The molecule has 7 nitrogen and oxygen atoms in total. The first kappa shape index (κ1) is 17.8. The summed E-state index contributed by atoms with van der Waals surface area (Å²) in [6, 6.07) is 11.5. The van der Waals surface area contributed by atoms with Crippen molar-refractivity contribution in [2.45, 2.75) is 19.8 Å². The quantitative estimate of drug-likeness (QED) is 0.865. The molecule has 29 heavy (non-hydrogen) atoms. The number of hydrogen-bond donors (Lipinski definition) is 1. The lowest BCUT2D eigenvalue weighted by Crippen LogP contribution is -2.28. The van der Waals surface area contributed by atoms with Crippen LogP contribution in [0.1, 0.15) is 18.9 Å². The van der Waals surface area contributed by atoms with Gasteiger partial charge in [-0.15, -0.1) is 0 Å². The van der Waals surface area contributed by atoms with Crippen molar-refractivity contribution in [1.82, 2.24) is 0 Å². The molecular formula is C22H23N3O4. The predicted octanol–water partition coefficient (Wildman–Crippen LogP) is 2.79. The highest BCUT2D eigenvalue weighted by Gasteiger charge is 2.36. The number of benzene rings is 2. The predicted molar refractivity (Wildman–Crippen MR) is 110 cm³/mol. The maximum absolute atomic E-state index is 12.8. The molecule has 1 saturated heterocycles. The molecule has 7 heteroatoms. The Morgan fingerprint density at radius 2 is 2.03 bits per heavy atom. The van der Waals surface area contributed by atoms with Gasteiger partial charge in [-0.3, -0.25) is 9.59 Å². The number of ether oxygens (including phenoxy) is 2. The van der Waals surface area contributed by atoms with Gasteiger partial charge >= 0.3 is 0 Å². The molecule has 3 heterocycles. The van der Waals surface area contributed by atoms with Gasteiger partial charge in [-0.05, 0) is 43.2 Å². The number of rotatable bonds is 4. The zero-order chi connectivity index (χ0) is 20.0. The van der Waals surface area contributed by atoms with Crippen molar-refractivity contribution in [3.63, 3.8) is 0 Å². The van der Waals surface area contributed by atoms with E-state index in [-0.39, 0.29) is 30.9 Å². The molecule has 1 fully saturated rings. The molecule has 5 rings (SSSR count). The highest BCUT2D eigenvalue weighted by molar-refractivity contribution is 6.03. The molecule has 0 bridgehead atoms. The smallest absolute Gasteiger partial charge is 0.231 e. The van der Waals surface area contributed by atoms with Crippen LogP contribution in [0.25, 0.3) is 0 Å². The van der Waals surface area contributed by atoms with Gasteiger partial charge in [-0.25, -0.2) is 0 Å². The molecular weight excluding hydrogens is 370 g/mol. The average Bonchev–Trinajstić information content (AvgIpc) is 3.44. The summed E-state index contributed by atoms with van der Waals surface area (Å²) in [7, 11) is 0. The van der Waals surface area contributed by atoms with Crippen LogP contribution < -0.4 is 24.6 Å². The summed E-state index contributed by atoms with van der Waals surface area (Å²) in [5.41, 5.74) is 4.01. The van der Waals surface area contributed by atoms with Gasteiger partial charge in [0.05, 0.1) is 5.92 Å². The van der Waals surface area contributed by atoms with Crippen molar-refractivity contribution < 1.29 is 19.1 Å². The number of likely N-dealkylation sites (N-methyl/N-ethyl adjacent to an activating group) is 1. The number of carbonyl (C=O) groups excluding carboxylic acids is 2. The SMILES string of the molecule is CCN1CCc2ccc(NC(=O)C3CC(=O)N(c4ccc5c(c4)OCO5)C3)cc21. The lowest BCUT2D eigenvalue weighted by atomic mass is 10.1. The molecule has 0 saturated carbocycles. The topological polar surface area (TPSA) is 71.1 Å². The summed E-state index contributed by atoms with van der Waals surface area (Å²) in [6.07, 6.45) is 1.24. The zero-order valence-electron chi connectivity index (χ0n) is 16.3. The second-order valence-electron chi connectivity index (χ2n) is 7.61. The Bertz CT molecular complexity index is 990. The normalized spacial score (nSPS) is 19.6. The van der Waals surface area contributed by atoms with Crippen LogP contribution in [0.2, 0.25) is 0 Å². The average molecular weight is 393 g/mol. The fourth-order valence-electron chi connectivity index (χ4n) is 4.28. The molecule has 0 aliphatic carbocycles. The van der Waals surface area contributed by atoms with Gasteiger partial charge in [-0.1, -0.05) is 6.07 Å². The van der Waals surface area contributed by atoms with Crippen LogP contribution in [-0.2, 0) is 16.0 Å². The van der Waals surface area contributed by atoms with E-state index in [1.165, 1.54) is 11.3 Å². The summed E-state index contributed by atoms with van der Waals surface area (Å²) in [5, 5.41) is 3.00. The number of fused-ring (bicyclic) bond motifs is 2. The standard InChI is InChI=1S/C22H23N3O4/c1-2-24-8-7-14-3-4-16(10-18(14)24)23-22(27)15-9-21(26)25(12-15)17-5-6-19-20(11-17)29-13-28-19/h3-6,10-11,15H,2,7-9,12-13H2,1H3,(H,23,27). The van der Waals surface area contributed by atoms with Crippen molar-refractivity contribution >= 4 is 28.9 Å².